The Morgan fingerprint density at radius 2 is 1.94 bits per heavy atom. The van der Waals surface area contributed by atoms with E-state index in [0.717, 1.165) is 38.5 Å². The fourth-order valence-corrected chi connectivity index (χ4v) is 4.92. The van der Waals surface area contributed by atoms with Crippen molar-refractivity contribution in [3.05, 3.63) is 0 Å². The Bertz CT molecular complexity index is 335. The largest absolute Gasteiger partial charge is 0.327 e. The van der Waals surface area contributed by atoms with Crippen LogP contribution in [0.5, 0.6) is 0 Å². The second-order valence-corrected chi connectivity index (χ2v) is 8.52. The van der Waals surface area contributed by atoms with Crippen molar-refractivity contribution in [2.45, 2.75) is 70.6 Å². The molecule has 0 aliphatic heterocycles. The van der Waals surface area contributed by atoms with Crippen molar-refractivity contribution in [1.29, 1.82) is 0 Å². The summed E-state index contributed by atoms with van der Waals surface area (Å²) in [6.07, 6.45) is 5.42. The summed E-state index contributed by atoms with van der Waals surface area (Å²) in [6.45, 7) is 6.38. The van der Waals surface area contributed by atoms with Gasteiger partial charge in [-0.1, -0.05) is 33.6 Å². The van der Waals surface area contributed by atoms with E-state index in [1.54, 1.807) is 0 Å². The van der Waals surface area contributed by atoms with Crippen LogP contribution in [0.25, 0.3) is 0 Å². The van der Waals surface area contributed by atoms with Crippen LogP contribution in [0, 0.1) is 5.41 Å². The molecular weight excluding hydrogens is 234 g/mol. The molecule has 2 N–H and O–H groups in total. The van der Waals surface area contributed by atoms with E-state index in [1.165, 1.54) is 0 Å². The zero-order valence-electron chi connectivity index (χ0n) is 11.4. The van der Waals surface area contributed by atoms with E-state index in [-0.39, 0.29) is 16.7 Å². The maximum absolute atomic E-state index is 12.3. The minimum absolute atomic E-state index is 0.123. The molecule has 0 spiro atoms. The van der Waals surface area contributed by atoms with E-state index in [1.807, 2.05) is 0 Å². The average Bonchev–Trinajstić information content (AvgIpc) is 2.22. The maximum atomic E-state index is 12.3. The van der Waals surface area contributed by atoms with Gasteiger partial charge in [0.25, 0.3) is 0 Å². The normalized spacial score (nSPS) is 29.2. The monoisotopic (exact) mass is 261 g/mol. The summed E-state index contributed by atoms with van der Waals surface area (Å²) in [7, 11) is -3.00. The summed E-state index contributed by atoms with van der Waals surface area (Å²) < 4.78 is 24.6. The van der Waals surface area contributed by atoms with Gasteiger partial charge in [-0.3, -0.25) is 0 Å². The quantitative estimate of drug-likeness (QED) is 0.774. The third-order valence-corrected chi connectivity index (χ3v) is 6.18. The standard InChI is InChI=1S/C13H27NO2S/c1-4-5-6-9-17(15,16)12-10-13(2,3)8-7-11(12)14/h11-12H,4-10,14H2,1-3H3. The molecule has 1 aliphatic rings. The fourth-order valence-electron chi connectivity index (χ4n) is 2.64. The molecule has 0 aromatic heterocycles. The highest BCUT2D eigenvalue weighted by Gasteiger charge is 2.39. The van der Waals surface area contributed by atoms with Crippen LogP contribution in [0.15, 0.2) is 0 Å². The smallest absolute Gasteiger partial charge is 0.154 e. The van der Waals surface area contributed by atoms with Crippen LogP contribution in [-0.4, -0.2) is 25.5 Å². The van der Waals surface area contributed by atoms with Gasteiger partial charge >= 0.3 is 0 Å². The van der Waals surface area contributed by atoms with E-state index < -0.39 is 9.84 Å². The van der Waals surface area contributed by atoms with E-state index >= 15 is 0 Å². The van der Waals surface area contributed by atoms with Crippen LogP contribution < -0.4 is 5.73 Å². The molecule has 1 saturated carbocycles. The summed E-state index contributed by atoms with van der Waals surface area (Å²) in [5.74, 6) is 0.315. The van der Waals surface area contributed by atoms with E-state index in [0.29, 0.717) is 5.75 Å². The first kappa shape index (κ1) is 15.0. The molecule has 3 nitrogen and oxygen atoms in total. The highest BCUT2D eigenvalue weighted by Crippen LogP contribution is 2.37. The summed E-state index contributed by atoms with van der Waals surface area (Å²) in [6, 6.07) is -0.158. The Kier molecular flexibility index (Phi) is 5.02. The van der Waals surface area contributed by atoms with Crippen molar-refractivity contribution in [2.75, 3.05) is 5.75 Å². The number of nitrogens with two attached hydrogens (primary N) is 1. The molecule has 0 saturated heterocycles. The van der Waals surface area contributed by atoms with Gasteiger partial charge < -0.3 is 5.73 Å². The maximum Gasteiger partial charge on any atom is 0.154 e. The Morgan fingerprint density at radius 1 is 1.29 bits per heavy atom. The van der Waals surface area contributed by atoms with Gasteiger partial charge in [-0.15, -0.1) is 0 Å². The van der Waals surface area contributed by atoms with E-state index in [4.69, 9.17) is 5.73 Å². The number of hydrogen-bond donors (Lipinski definition) is 1. The number of hydrogen-bond acceptors (Lipinski definition) is 3. The van der Waals surface area contributed by atoms with Crippen LogP contribution >= 0.6 is 0 Å². The third-order valence-electron chi connectivity index (χ3n) is 3.88. The van der Waals surface area contributed by atoms with Crippen molar-refractivity contribution in [1.82, 2.24) is 0 Å². The lowest BCUT2D eigenvalue weighted by atomic mass is 9.75. The molecule has 2 atom stereocenters. The lowest BCUT2D eigenvalue weighted by molar-refractivity contribution is 0.227. The number of sulfone groups is 1. The van der Waals surface area contributed by atoms with E-state index in [2.05, 4.69) is 20.8 Å². The molecule has 102 valence electrons. The predicted octanol–water partition coefficient (Wildman–Crippen LogP) is 2.50. The Balaban J connectivity index is 2.68. The van der Waals surface area contributed by atoms with Crippen LogP contribution in [0.2, 0.25) is 0 Å². The van der Waals surface area contributed by atoms with Crippen molar-refractivity contribution < 1.29 is 8.42 Å². The molecular formula is C13H27NO2S. The molecule has 1 rings (SSSR count). The molecule has 0 aromatic rings. The molecule has 4 heteroatoms. The van der Waals surface area contributed by atoms with Gasteiger partial charge in [-0.05, 0) is 31.1 Å². The summed E-state index contributed by atoms with van der Waals surface area (Å²) >= 11 is 0. The molecule has 0 radical (unpaired) electrons. The molecule has 0 amide bonds. The zero-order chi connectivity index (χ0) is 13.1. The highest BCUT2D eigenvalue weighted by molar-refractivity contribution is 7.92. The highest BCUT2D eigenvalue weighted by atomic mass is 32.2. The van der Waals surface area contributed by atoms with Gasteiger partial charge in [0.2, 0.25) is 0 Å². The van der Waals surface area contributed by atoms with Crippen LogP contribution in [0.3, 0.4) is 0 Å². The minimum atomic E-state index is -3.00. The molecule has 1 fully saturated rings. The zero-order valence-corrected chi connectivity index (χ0v) is 12.2. The molecule has 0 bridgehead atoms. The molecule has 17 heavy (non-hydrogen) atoms. The van der Waals surface area contributed by atoms with Gasteiger partial charge in [0, 0.05) is 6.04 Å². The molecule has 1 aliphatic carbocycles. The van der Waals surface area contributed by atoms with Crippen molar-refractivity contribution >= 4 is 9.84 Å². The first-order valence-electron chi connectivity index (χ1n) is 6.76. The lowest BCUT2D eigenvalue weighted by Crippen LogP contribution is -2.48. The second-order valence-electron chi connectivity index (χ2n) is 6.18. The van der Waals surface area contributed by atoms with Crippen LogP contribution in [-0.2, 0) is 9.84 Å². The minimum Gasteiger partial charge on any atom is -0.327 e. The summed E-state index contributed by atoms with van der Waals surface area (Å²) in [4.78, 5) is 0. The average molecular weight is 261 g/mol. The van der Waals surface area contributed by atoms with Gasteiger partial charge in [0.1, 0.15) is 0 Å². The molecule has 0 aromatic carbocycles. The molecule has 0 heterocycles. The van der Waals surface area contributed by atoms with Crippen LogP contribution in [0.4, 0.5) is 0 Å². The predicted molar refractivity (Wildman–Crippen MR) is 72.7 cm³/mol. The summed E-state index contributed by atoms with van der Waals surface area (Å²) in [5.41, 5.74) is 6.13. The van der Waals surface area contributed by atoms with Gasteiger partial charge in [0.05, 0.1) is 11.0 Å². The third kappa shape index (κ3) is 4.25. The lowest BCUT2D eigenvalue weighted by Gasteiger charge is -2.38. The van der Waals surface area contributed by atoms with Crippen LogP contribution in [0.1, 0.15) is 59.3 Å². The molecule has 2 unspecified atom stereocenters. The number of unbranched alkanes of at least 4 members (excludes halogenated alkanes) is 2. The fraction of sp³-hybridized carbons (Fsp3) is 1.00. The topological polar surface area (TPSA) is 60.2 Å². The Labute approximate surface area is 106 Å². The second kappa shape index (κ2) is 5.70. The van der Waals surface area contributed by atoms with Gasteiger partial charge in [-0.2, -0.15) is 0 Å². The van der Waals surface area contributed by atoms with Gasteiger partial charge in [0.15, 0.2) is 9.84 Å². The SMILES string of the molecule is CCCCCS(=O)(=O)C1CC(C)(C)CCC1N. The first-order chi connectivity index (χ1) is 7.78. The summed E-state index contributed by atoms with van der Waals surface area (Å²) in [5, 5.41) is -0.317. The number of rotatable bonds is 5. The van der Waals surface area contributed by atoms with E-state index in [9.17, 15) is 8.42 Å². The Morgan fingerprint density at radius 3 is 2.53 bits per heavy atom. The Hall–Kier alpha value is -0.0900. The van der Waals surface area contributed by atoms with Crippen molar-refractivity contribution in [2.24, 2.45) is 11.1 Å². The van der Waals surface area contributed by atoms with Gasteiger partial charge in [-0.25, -0.2) is 8.42 Å². The van der Waals surface area contributed by atoms with Crippen molar-refractivity contribution in [3.63, 3.8) is 0 Å². The first-order valence-corrected chi connectivity index (χ1v) is 8.47. The van der Waals surface area contributed by atoms with Crippen molar-refractivity contribution in [3.8, 4) is 0 Å².